The molecule has 16 heavy (non-hydrogen) atoms. The number of carbonyl (C=O) groups excluding carboxylic acids is 1. The number of hydrogen-bond acceptors (Lipinski definition) is 3. The molecule has 0 spiro atoms. The summed E-state index contributed by atoms with van der Waals surface area (Å²) in [4.78, 5) is 13.9. The lowest BCUT2D eigenvalue weighted by Crippen LogP contribution is -2.42. The molecule has 94 valence electrons. The van der Waals surface area contributed by atoms with Gasteiger partial charge in [-0.3, -0.25) is 4.79 Å². The lowest BCUT2D eigenvalue weighted by Gasteiger charge is -2.30. The maximum Gasteiger partial charge on any atom is 0.225 e. The Kier molecular flexibility index (Phi) is 4.33. The molecule has 0 aromatic rings. The molecule has 0 heterocycles. The Morgan fingerprint density at radius 3 is 2.50 bits per heavy atom. The maximum atomic E-state index is 12.1. The Morgan fingerprint density at radius 1 is 1.44 bits per heavy atom. The van der Waals surface area contributed by atoms with Gasteiger partial charge in [0.15, 0.2) is 0 Å². The van der Waals surface area contributed by atoms with E-state index >= 15 is 0 Å². The van der Waals surface area contributed by atoms with Crippen LogP contribution in [0.2, 0.25) is 0 Å². The zero-order valence-corrected chi connectivity index (χ0v) is 10.7. The molecular formula is C12H25N3O. The summed E-state index contributed by atoms with van der Waals surface area (Å²) in [6.45, 7) is 5.47. The zero-order chi connectivity index (χ0) is 12.3. The molecule has 1 amide bonds. The number of amides is 1. The van der Waals surface area contributed by atoms with Crippen LogP contribution in [0.3, 0.4) is 0 Å². The normalized spacial score (nSPS) is 25.8. The predicted molar refractivity (Wildman–Crippen MR) is 65.8 cm³/mol. The number of hydrogen-bond donors (Lipinski definition) is 2. The number of nitrogens with zero attached hydrogens (tertiary/aromatic N) is 1. The molecule has 0 aliphatic heterocycles. The average molecular weight is 227 g/mol. The highest BCUT2D eigenvalue weighted by molar-refractivity contribution is 5.79. The summed E-state index contributed by atoms with van der Waals surface area (Å²) < 4.78 is 0. The lowest BCUT2D eigenvalue weighted by molar-refractivity contribution is -0.135. The lowest BCUT2D eigenvalue weighted by atomic mass is 9.92. The number of nitrogens with two attached hydrogens (primary N) is 2. The van der Waals surface area contributed by atoms with E-state index in [9.17, 15) is 4.79 Å². The Morgan fingerprint density at radius 2 is 2.06 bits per heavy atom. The molecule has 1 saturated carbocycles. The highest BCUT2D eigenvalue weighted by atomic mass is 16.2. The standard InChI is InChI=1S/C12H25N3O/c1-12(2,7-13)8-15(3)11(16)9-4-5-10(14)6-9/h9-10H,4-8,13-14H2,1-3H3. The van der Waals surface area contributed by atoms with Gasteiger partial charge in [0.05, 0.1) is 0 Å². The predicted octanol–water partition coefficient (Wildman–Crippen LogP) is 0.557. The first kappa shape index (κ1) is 13.5. The highest BCUT2D eigenvalue weighted by Gasteiger charge is 2.31. The highest BCUT2D eigenvalue weighted by Crippen LogP contribution is 2.26. The van der Waals surface area contributed by atoms with Gasteiger partial charge < -0.3 is 16.4 Å². The molecule has 1 fully saturated rings. The van der Waals surface area contributed by atoms with E-state index in [0.717, 1.165) is 19.3 Å². The Hall–Kier alpha value is -0.610. The molecule has 2 unspecified atom stereocenters. The van der Waals surface area contributed by atoms with Crippen LogP contribution in [-0.4, -0.2) is 37.0 Å². The van der Waals surface area contributed by atoms with Gasteiger partial charge in [0.25, 0.3) is 0 Å². The van der Waals surface area contributed by atoms with Crippen LogP contribution in [0.4, 0.5) is 0 Å². The van der Waals surface area contributed by atoms with Gasteiger partial charge in [-0.2, -0.15) is 0 Å². The SMILES string of the molecule is CN(CC(C)(C)CN)C(=O)C1CCC(N)C1. The van der Waals surface area contributed by atoms with Crippen LogP contribution in [0, 0.1) is 11.3 Å². The Labute approximate surface area is 98.3 Å². The van der Waals surface area contributed by atoms with Crippen molar-refractivity contribution in [2.45, 2.75) is 39.2 Å². The van der Waals surface area contributed by atoms with Crippen LogP contribution in [0.25, 0.3) is 0 Å². The number of carbonyl (C=O) groups is 1. The van der Waals surface area contributed by atoms with E-state index in [0.29, 0.717) is 13.1 Å². The minimum Gasteiger partial charge on any atom is -0.345 e. The van der Waals surface area contributed by atoms with Gasteiger partial charge in [0, 0.05) is 25.6 Å². The fourth-order valence-electron chi connectivity index (χ4n) is 2.34. The summed E-state index contributed by atoms with van der Waals surface area (Å²) in [5.74, 6) is 0.364. The van der Waals surface area contributed by atoms with Gasteiger partial charge in [-0.05, 0) is 31.2 Å². The van der Waals surface area contributed by atoms with Crippen molar-refractivity contribution in [1.82, 2.24) is 4.90 Å². The second kappa shape index (κ2) is 5.15. The fraction of sp³-hybridized carbons (Fsp3) is 0.917. The molecule has 0 aromatic heterocycles. The summed E-state index contributed by atoms with van der Waals surface area (Å²) in [7, 11) is 1.86. The van der Waals surface area contributed by atoms with Gasteiger partial charge in [-0.15, -0.1) is 0 Å². The second-order valence-corrected chi connectivity index (χ2v) is 5.83. The molecule has 2 atom stereocenters. The van der Waals surface area contributed by atoms with E-state index < -0.39 is 0 Å². The van der Waals surface area contributed by atoms with E-state index in [4.69, 9.17) is 11.5 Å². The van der Waals surface area contributed by atoms with Crippen LogP contribution >= 0.6 is 0 Å². The summed E-state index contributed by atoms with van der Waals surface area (Å²) in [5, 5.41) is 0. The summed E-state index contributed by atoms with van der Waals surface area (Å²) in [6.07, 6.45) is 2.75. The summed E-state index contributed by atoms with van der Waals surface area (Å²) in [5.41, 5.74) is 11.5. The van der Waals surface area contributed by atoms with Crippen molar-refractivity contribution in [3.63, 3.8) is 0 Å². The van der Waals surface area contributed by atoms with Gasteiger partial charge in [-0.1, -0.05) is 13.8 Å². The smallest absolute Gasteiger partial charge is 0.225 e. The average Bonchev–Trinajstić information content (AvgIpc) is 2.63. The molecule has 4 N–H and O–H groups in total. The quantitative estimate of drug-likeness (QED) is 0.737. The number of rotatable bonds is 4. The van der Waals surface area contributed by atoms with Gasteiger partial charge in [-0.25, -0.2) is 0 Å². The third-order valence-corrected chi connectivity index (χ3v) is 3.42. The van der Waals surface area contributed by atoms with Crippen molar-refractivity contribution in [1.29, 1.82) is 0 Å². The Bertz CT molecular complexity index is 253. The molecule has 0 saturated heterocycles. The topological polar surface area (TPSA) is 72.3 Å². The van der Waals surface area contributed by atoms with Crippen LogP contribution in [0.1, 0.15) is 33.1 Å². The van der Waals surface area contributed by atoms with Crippen LogP contribution in [0.15, 0.2) is 0 Å². The molecule has 1 aliphatic rings. The summed E-state index contributed by atoms with van der Waals surface area (Å²) in [6, 6.07) is 0.213. The first-order valence-corrected chi connectivity index (χ1v) is 6.06. The molecule has 4 heteroatoms. The largest absolute Gasteiger partial charge is 0.345 e. The summed E-state index contributed by atoms with van der Waals surface area (Å²) >= 11 is 0. The van der Waals surface area contributed by atoms with Gasteiger partial charge >= 0.3 is 0 Å². The van der Waals surface area contributed by atoms with Gasteiger partial charge in [0.2, 0.25) is 5.91 Å². The van der Waals surface area contributed by atoms with Crippen molar-refractivity contribution < 1.29 is 4.79 Å². The van der Waals surface area contributed by atoms with E-state index in [1.807, 2.05) is 11.9 Å². The zero-order valence-electron chi connectivity index (χ0n) is 10.7. The van der Waals surface area contributed by atoms with E-state index in [1.54, 1.807) is 0 Å². The van der Waals surface area contributed by atoms with Crippen molar-refractivity contribution in [2.24, 2.45) is 22.8 Å². The van der Waals surface area contributed by atoms with E-state index in [-0.39, 0.29) is 23.3 Å². The van der Waals surface area contributed by atoms with Crippen molar-refractivity contribution in [3.05, 3.63) is 0 Å². The van der Waals surface area contributed by atoms with Crippen LogP contribution in [-0.2, 0) is 4.79 Å². The molecule has 0 bridgehead atoms. The monoisotopic (exact) mass is 227 g/mol. The fourth-order valence-corrected chi connectivity index (χ4v) is 2.34. The maximum absolute atomic E-state index is 12.1. The second-order valence-electron chi connectivity index (χ2n) is 5.83. The van der Waals surface area contributed by atoms with Crippen molar-refractivity contribution in [2.75, 3.05) is 20.1 Å². The van der Waals surface area contributed by atoms with Gasteiger partial charge in [0.1, 0.15) is 0 Å². The van der Waals surface area contributed by atoms with Crippen LogP contribution in [0.5, 0.6) is 0 Å². The first-order valence-electron chi connectivity index (χ1n) is 6.06. The van der Waals surface area contributed by atoms with E-state index in [2.05, 4.69) is 13.8 Å². The minimum absolute atomic E-state index is 0.00880. The molecular weight excluding hydrogens is 202 g/mol. The molecule has 1 rings (SSSR count). The van der Waals surface area contributed by atoms with Crippen LogP contribution < -0.4 is 11.5 Å². The first-order chi connectivity index (χ1) is 7.35. The third-order valence-electron chi connectivity index (χ3n) is 3.42. The van der Waals surface area contributed by atoms with Crippen molar-refractivity contribution in [3.8, 4) is 0 Å². The molecule has 1 aliphatic carbocycles. The minimum atomic E-state index is -0.00880. The Balaban J connectivity index is 2.48. The van der Waals surface area contributed by atoms with Crippen molar-refractivity contribution >= 4 is 5.91 Å². The molecule has 4 nitrogen and oxygen atoms in total. The molecule has 0 aromatic carbocycles. The molecule has 0 radical (unpaired) electrons. The van der Waals surface area contributed by atoms with E-state index in [1.165, 1.54) is 0 Å². The third kappa shape index (κ3) is 3.46.